The molecule has 0 aliphatic carbocycles. The summed E-state index contributed by atoms with van der Waals surface area (Å²) in [6.45, 7) is 3.95. The van der Waals surface area contributed by atoms with Gasteiger partial charge >= 0.3 is 0 Å². The molecule has 0 bridgehead atoms. The normalized spacial score (nSPS) is 11.0. The van der Waals surface area contributed by atoms with Gasteiger partial charge in [0.1, 0.15) is 17.4 Å². The summed E-state index contributed by atoms with van der Waals surface area (Å²) < 4.78 is 5.51. The van der Waals surface area contributed by atoms with E-state index in [0.29, 0.717) is 44.2 Å². The molecule has 2 aromatic carbocycles. The lowest BCUT2D eigenvalue weighted by Gasteiger charge is -2.11. The first-order valence-corrected chi connectivity index (χ1v) is 8.80. The van der Waals surface area contributed by atoms with Gasteiger partial charge in [-0.3, -0.25) is 4.79 Å². The highest BCUT2D eigenvalue weighted by Gasteiger charge is 2.15. The fourth-order valence-corrected chi connectivity index (χ4v) is 2.96. The second-order valence-corrected chi connectivity index (χ2v) is 6.53. The molecule has 0 heterocycles. The van der Waals surface area contributed by atoms with Gasteiger partial charge in [-0.25, -0.2) is 0 Å². The van der Waals surface area contributed by atoms with Crippen molar-refractivity contribution >= 4 is 52.5 Å². The second-order valence-electron chi connectivity index (χ2n) is 5.28. The first-order valence-electron chi connectivity index (χ1n) is 7.67. The summed E-state index contributed by atoms with van der Waals surface area (Å²) in [5.41, 5.74) is 1.56. The molecule has 1 N–H and O–H groups in total. The zero-order valence-corrected chi connectivity index (χ0v) is 16.3. The van der Waals surface area contributed by atoms with Gasteiger partial charge in [0.05, 0.1) is 11.6 Å². The van der Waals surface area contributed by atoms with E-state index in [4.69, 9.17) is 39.5 Å². The van der Waals surface area contributed by atoms with Crippen LogP contribution in [0, 0.1) is 18.3 Å². The standard InChI is InChI=1S/C19H15Cl3N2O2/c1-3-26-18-12(8-14(20)9-16(18)22)7-13(10-23)19(25)24-17-6-4-5-15(21)11(17)2/h4-9H,3H2,1-2H3,(H,24,25)/b13-7+. The molecule has 26 heavy (non-hydrogen) atoms. The van der Waals surface area contributed by atoms with Crippen molar-refractivity contribution in [3.63, 3.8) is 0 Å². The largest absolute Gasteiger partial charge is 0.492 e. The second kappa shape index (κ2) is 8.95. The third-order valence-electron chi connectivity index (χ3n) is 3.51. The van der Waals surface area contributed by atoms with Gasteiger partial charge in [-0.2, -0.15) is 5.26 Å². The van der Waals surface area contributed by atoms with Crippen molar-refractivity contribution in [2.24, 2.45) is 0 Å². The minimum Gasteiger partial charge on any atom is -0.492 e. The molecule has 0 saturated heterocycles. The number of carbonyl (C=O) groups excluding carboxylic acids is 1. The van der Waals surface area contributed by atoms with Crippen LogP contribution in [0.2, 0.25) is 15.1 Å². The summed E-state index contributed by atoms with van der Waals surface area (Å²) in [7, 11) is 0. The SMILES string of the molecule is CCOc1c(Cl)cc(Cl)cc1/C=C(\C#N)C(=O)Nc1cccc(Cl)c1C. The van der Waals surface area contributed by atoms with Gasteiger partial charge < -0.3 is 10.1 Å². The molecule has 0 unspecified atom stereocenters. The van der Waals surface area contributed by atoms with E-state index in [1.165, 1.54) is 12.1 Å². The fourth-order valence-electron chi connectivity index (χ4n) is 2.22. The summed E-state index contributed by atoms with van der Waals surface area (Å²) >= 11 is 18.2. The number of benzene rings is 2. The smallest absolute Gasteiger partial charge is 0.266 e. The van der Waals surface area contributed by atoms with Crippen LogP contribution >= 0.6 is 34.8 Å². The van der Waals surface area contributed by atoms with E-state index in [2.05, 4.69) is 5.32 Å². The van der Waals surface area contributed by atoms with Crippen LogP contribution in [0.1, 0.15) is 18.1 Å². The summed E-state index contributed by atoms with van der Waals surface area (Å²) in [4.78, 5) is 12.5. The maximum absolute atomic E-state index is 12.5. The van der Waals surface area contributed by atoms with Gasteiger partial charge in [0.15, 0.2) is 0 Å². The predicted molar refractivity (Wildman–Crippen MR) is 106 cm³/mol. The monoisotopic (exact) mass is 408 g/mol. The lowest BCUT2D eigenvalue weighted by Crippen LogP contribution is -2.14. The maximum atomic E-state index is 12.5. The zero-order chi connectivity index (χ0) is 19.3. The summed E-state index contributed by atoms with van der Waals surface area (Å²) in [6.07, 6.45) is 1.39. The Kier molecular flexibility index (Phi) is 6.93. The molecule has 0 aliphatic rings. The fraction of sp³-hybridized carbons (Fsp3) is 0.158. The molecule has 2 aromatic rings. The van der Waals surface area contributed by atoms with E-state index >= 15 is 0 Å². The number of ether oxygens (including phenoxy) is 1. The topological polar surface area (TPSA) is 62.1 Å². The maximum Gasteiger partial charge on any atom is 0.266 e. The number of amides is 1. The van der Waals surface area contributed by atoms with Crippen LogP contribution < -0.4 is 10.1 Å². The molecule has 0 fully saturated rings. The molecule has 4 nitrogen and oxygen atoms in total. The molecule has 134 valence electrons. The Bertz CT molecular complexity index is 918. The van der Waals surface area contributed by atoms with Crippen molar-refractivity contribution in [2.75, 3.05) is 11.9 Å². The molecule has 0 aliphatic heterocycles. The highest BCUT2D eigenvalue weighted by Crippen LogP contribution is 2.34. The van der Waals surface area contributed by atoms with Crippen LogP contribution in [0.25, 0.3) is 6.08 Å². The number of carbonyl (C=O) groups is 1. The van der Waals surface area contributed by atoms with Crippen molar-refractivity contribution in [1.82, 2.24) is 0 Å². The third kappa shape index (κ3) is 4.70. The minimum atomic E-state index is -0.573. The first kappa shape index (κ1) is 20.1. The van der Waals surface area contributed by atoms with Crippen LogP contribution in [0.15, 0.2) is 35.9 Å². The highest BCUT2D eigenvalue weighted by molar-refractivity contribution is 6.36. The van der Waals surface area contributed by atoms with Crippen molar-refractivity contribution in [2.45, 2.75) is 13.8 Å². The molecule has 0 aromatic heterocycles. The van der Waals surface area contributed by atoms with Crippen LogP contribution in [0.5, 0.6) is 5.75 Å². The Morgan fingerprint density at radius 3 is 2.65 bits per heavy atom. The highest BCUT2D eigenvalue weighted by atomic mass is 35.5. The van der Waals surface area contributed by atoms with Gasteiger partial charge in [0.25, 0.3) is 5.91 Å². The number of nitrogens with one attached hydrogen (secondary N) is 1. The summed E-state index contributed by atoms with van der Waals surface area (Å²) in [5, 5.41) is 13.3. The number of hydrogen-bond donors (Lipinski definition) is 1. The van der Waals surface area contributed by atoms with Crippen molar-refractivity contribution in [3.8, 4) is 11.8 Å². The Balaban J connectivity index is 2.40. The van der Waals surface area contributed by atoms with E-state index in [1.54, 1.807) is 38.1 Å². The number of halogens is 3. The Morgan fingerprint density at radius 2 is 2.00 bits per heavy atom. The molecule has 0 spiro atoms. The quantitative estimate of drug-likeness (QED) is 0.494. The third-order valence-corrected chi connectivity index (χ3v) is 4.42. The predicted octanol–water partition coefficient (Wildman–Crippen LogP) is 5.90. The lowest BCUT2D eigenvalue weighted by molar-refractivity contribution is -0.112. The zero-order valence-electron chi connectivity index (χ0n) is 14.1. The van der Waals surface area contributed by atoms with Crippen LogP contribution in [0.4, 0.5) is 5.69 Å². The van der Waals surface area contributed by atoms with Crippen molar-refractivity contribution in [1.29, 1.82) is 5.26 Å². The lowest BCUT2D eigenvalue weighted by atomic mass is 10.1. The molecule has 2 rings (SSSR count). The molecule has 0 atom stereocenters. The average molecular weight is 410 g/mol. The molecular formula is C19H15Cl3N2O2. The summed E-state index contributed by atoms with van der Waals surface area (Å²) in [6, 6.07) is 10.1. The number of rotatable bonds is 5. The number of nitriles is 1. The van der Waals surface area contributed by atoms with Crippen molar-refractivity contribution < 1.29 is 9.53 Å². The Morgan fingerprint density at radius 1 is 1.27 bits per heavy atom. The van der Waals surface area contributed by atoms with E-state index in [1.807, 2.05) is 6.07 Å². The van der Waals surface area contributed by atoms with Gasteiger partial charge in [-0.1, -0.05) is 40.9 Å². The van der Waals surface area contributed by atoms with Crippen LogP contribution in [-0.2, 0) is 4.79 Å². The number of anilines is 1. The van der Waals surface area contributed by atoms with Gasteiger partial charge in [-0.15, -0.1) is 0 Å². The van der Waals surface area contributed by atoms with Crippen LogP contribution in [0.3, 0.4) is 0 Å². The van der Waals surface area contributed by atoms with E-state index in [-0.39, 0.29) is 5.57 Å². The number of hydrogen-bond acceptors (Lipinski definition) is 3. The van der Waals surface area contributed by atoms with Gasteiger partial charge in [-0.05, 0) is 49.8 Å². The number of nitrogens with zero attached hydrogens (tertiary/aromatic N) is 1. The molecular weight excluding hydrogens is 395 g/mol. The van der Waals surface area contributed by atoms with Gasteiger partial charge in [0.2, 0.25) is 0 Å². The van der Waals surface area contributed by atoms with Gasteiger partial charge in [0, 0.05) is 21.3 Å². The molecule has 1 amide bonds. The average Bonchev–Trinajstić information content (AvgIpc) is 2.59. The minimum absolute atomic E-state index is 0.122. The molecule has 0 radical (unpaired) electrons. The van der Waals surface area contributed by atoms with Crippen molar-refractivity contribution in [3.05, 3.63) is 62.1 Å². The Labute approximate surface area is 166 Å². The van der Waals surface area contributed by atoms with E-state index in [9.17, 15) is 10.1 Å². The van der Waals surface area contributed by atoms with Crippen LogP contribution in [-0.4, -0.2) is 12.5 Å². The molecule has 7 heteroatoms. The van der Waals surface area contributed by atoms with E-state index < -0.39 is 5.91 Å². The van der Waals surface area contributed by atoms with E-state index in [0.717, 1.165) is 0 Å². The first-order chi connectivity index (χ1) is 12.4. The molecule has 0 saturated carbocycles. The summed E-state index contributed by atoms with van der Waals surface area (Å²) in [5.74, 6) is -0.213. The Hall–Kier alpha value is -2.19.